The van der Waals surface area contributed by atoms with Gasteiger partial charge in [-0.25, -0.2) is 4.39 Å². The van der Waals surface area contributed by atoms with E-state index < -0.39 is 6.04 Å². The van der Waals surface area contributed by atoms with Crippen molar-refractivity contribution in [3.05, 3.63) is 107 Å². The van der Waals surface area contributed by atoms with Crippen LogP contribution in [0.15, 0.2) is 78.9 Å². The Morgan fingerprint density at radius 2 is 1.50 bits per heavy atom. The molecule has 0 aliphatic heterocycles. The molecule has 3 aromatic carbocycles. The number of carbonyl (C=O) groups is 2. The first-order valence-corrected chi connectivity index (χ1v) is 12.9. The van der Waals surface area contributed by atoms with Gasteiger partial charge in [-0.3, -0.25) is 9.59 Å². The summed E-state index contributed by atoms with van der Waals surface area (Å²) in [7, 11) is 0. The zero-order valence-corrected chi connectivity index (χ0v) is 21.5. The summed E-state index contributed by atoms with van der Waals surface area (Å²) >= 11 is 0. The second kappa shape index (κ2) is 13.6. The highest BCUT2D eigenvalue weighted by molar-refractivity contribution is 5.88. The van der Waals surface area contributed by atoms with Crippen LogP contribution in [0.3, 0.4) is 0 Å². The van der Waals surface area contributed by atoms with Gasteiger partial charge in [0.15, 0.2) is 0 Å². The lowest BCUT2D eigenvalue weighted by atomic mass is 10.0. The minimum Gasteiger partial charge on any atom is -0.352 e. The highest BCUT2D eigenvalue weighted by Gasteiger charge is 2.31. The van der Waals surface area contributed by atoms with E-state index in [9.17, 15) is 14.0 Å². The van der Waals surface area contributed by atoms with Crippen molar-refractivity contribution < 1.29 is 14.0 Å². The molecule has 0 aliphatic carbocycles. The summed E-state index contributed by atoms with van der Waals surface area (Å²) in [6.45, 7) is 6.09. The molecule has 5 heteroatoms. The minimum atomic E-state index is -0.754. The number of nitrogens with zero attached hydrogens (tertiary/aromatic N) is 1. The van der Waals surface area contributed by atoms with Gasteiger partial charge in [-0.05, 0) is 48.9 Å². The Labute approximate surface area is 214 Å². The van der Waals surface area contributed by atoms with Gasteiger partial charge in [-0.2, -0.15) is 0 Å². The summed E-state index contributed by atoms with van der Waals surface area (Å²) < 4.78 is 14.7. The maximum absolute atomic E-state index is 14.7. The van der Waals surface area contributed by atoms with Crippen LogP contribution in [-0.4, -0.2) is 28.8 Å². The number of nitrogens with one attached hydrogen (secondary N) is 1. The molecule has 2 amide bonds. The Bertz CT molecular complexity index is 1110. The number of hydrogen-bond acceptors (Lipinski definition) is 2. The normalized spacial score (nSPS) is 12.6. The van der Waals surface area contributed by atoms with E-state index in [0.717, 1.165) is 24.0 Å². The molecule has 0 unspecified atom stereocenters. The van der Waals surface area contributed by atoms with Crippen molar-refractivity contribution in [2.24, 2.45) is 0 Å². The van der Waals surface area contributed by atoms with Gasteiger partial charge in [0, 0.05) is 31.0 Å². The first kappa shape index (κ1) is 27.1. The number of amides is 2. The lowest BCUT2D eigenvalue weighted by molar-refractivity contribution is -0.141. The van der Waals surface area contributed by atoms with Crippen LogP contribution in [0.1, 0.15) is 55.9 Å². The number of aryl methyl sites for hydroxylation is 2. The first-order chi connectivity index (χ1) is 17.4. The summed E-state index contributed by atoms with van der Waals surface area (Å²) in [5.41, 5.74) is 3.65. The fourth-order valence-electron chi connectivity index (χ4n) is 4.14. The number of halogens is 1. The largest absolute Gasteiger partial charge is 0.352 e. The number of carbonyl (C=O) groups excluding carboxylic acids is 2. The summed E-state index contributed by atoms with van der Waals surface area (Å²) in [5.74, 6) is -0.769. The zero-order valence-electron chi connectivity index (χ0n) is 21.5. The van der Waals surface area contributed by atoms with E-state index in [4.69, 9.17) is 0 Å². The van der Waals surface area contributed by atoms with Crippen LogP contribution in [0, 0.1) is 5.82 Å². The molecule has 0 saturated heterocycles. The third-order valence-electron chi connectivity index (χ3n) is 6.63. The molecule has 36 heavy (non-hydrogen) atoms. The average molecular weight is 489 g/mol. The predicted octanol–water partition coefficient (Wildman–Crippen LogP) is 5.88. The molecule has 0 radical (unpaired) electrons. The first-order valence-electron chi connectivity index (χ1n) is 12.9. The van der Waals surface area contributed by atoms with Gasteiger partial charge in [0.2, 0.25) is 11.8 Å². The van der Waals surface area contributed by atoms with Crippen LogP contribution < -0.4 is 5.32 Å². The summed E-state index contributed by atoms with van der Waals surface area (Å²) in [6.07, 6.45) is 2.89. The van der Waals surface area contributed by atoms with Gasteiger partial charge in [-0.15, -0.1) is 0 Å². The molecular formula is C31H37FN2O2. The Hall–Kier alpha value is -3.47. The van der Waals surface area contributed by atoms with Crippen LogP contribution in [0.25, 0.3) is 0 Å². The quantitative estimate of drug-likeness (QED) is 0.346. The lowest BCUT2D eigenvalue weighted by Crippen LogP contribution is -2.52. The summed E-state index contributed by atoms with van der Waals surface area (Å²) in [6, 6.07) is 23.6. The topological polar surface area (TPSA) is 49.4 Å². The van der Waals surface area contributed by atoms with E-state index >= 15 is 0 Å². The molecular weight excluding hydrogens is 451 g/mol. The van der Waals surface area contributed by atoms with Crippen molar-refractivity contribution in [3.63, 3.8) is 0 Å². The van der Waals surface area contributed by atoms with Crippen LogP contribution in [0.2, 0.25) is 0 Å². The Kier molecular flexibility index (Phi) is 10.2. The molecule has 0 heterocycles. The molecule has 0 aliphatic rings. The summed E-state index contributed by atoms with van der Waals surface area (Å²) in [5, 5.41) is 3.05. The third kappa shape index (κ3) is 7.77. The van der Waals surface area contributed by atoms with E-state index in [1.165, 1.54) is 11.6 Å². The fourth-order valence-corrected chi connectivity index (χ4v) is 4.14. The van der Waals surface area contributed by atoms with E-state index in [1.54, 1.807) is 23.1 Å². The van der Waals surface area contributed by atoms with Gasteiger partial charge < -0.3 is 10.2 Å². The average Bonchev–Trinajstić information content (AvgIpc) is 2.91. The Morgan fingerprint density at radius 3 is 2.14 bits per heavy atom. The smallest absolute Gasteiger partial charge is 0.243 e. The molecule has 3 rings (SSSR count). The van der Waals surface area contributed by atoms with E-state index in [1.807, 2.05) is 56.3 Å². The predicted molar refractivity (Wildman–Crippen MR) is 143 cm³/mol. The van der Waals surface area contributed by atoms with Gasteiger partial charge >= 0.3 is 0 Å². The second-order valence-corrected chi connectivity index (χ2v) is 9.31. The molecule has 190 valence electrons. The van der Waals surface area contributed by atoms with E-state index in [0.29, 0.717) is 18.4 Å². The Morgan fingerprint density at radius 1 is 0.861 bits per heavy atom. The lowest BCUT2D eigenvalue weighted by Gasteiger charge is -2.32. The van der Waals surface area contributed by atoms with Crippen LogP contribution in [0.5, 0.6) is 0 Å². The van der Waals surface area contributed by atoms with Crippen molar-refractivity contribution in [2.45, 2.75) is 71.5 Å². The fraction of sp³-hybridized carbons (Fsp3) is 0.355. The molecule has 3 aromatic rings. The van der Waals surface area contributed by atoms with Gasteiger partial charge in [0.1, 0.15) is 11.9 Å². The standard InChI is InChI=1S/C31H37FN2O2/c1-4-23(3)33-31(36)29(21-26-11-7-6-8-12-26)34(22-27-13-9-10-14-28(27)32)30(35)20-19-25-17-15-24(5-2)16-18-25/h6-18,23,29H,4-5,19-22H2,1-3H3,(H,33,36)/t23-,29-/m1/s1. The molecule has 2 atom stereocenters. The SMILES string of the molecule is CCc1ccc(CCC(=O)N(Cc2ccccc2F)[C@H](Cc2ccccc2)C(=O)N[C@H](C)CC)cc1. The highest BCUT2D eigenvalue weighted by atomic mass is 19.1. The molecule has 0 fully saturated rings. The zero-order chi connectivity index (χ0) is 25.9. The maximum atomic E-state index is 14.7. The van der Waals surface area contributed by atoms with Crippen molar-refractivity contribution in [1.82, 2.24) is 10.2 Å². The molecule has 0 saturated carbocycles. The van der Waals surface area contributed by atoms with Crippen molar-refractivity contribution in [2.75, 3.05) is 0 Å². The van der Waals surface area contributed by atoms with Gasteiger partial charge in [0.25, 0.3) is 0 Å². The number of benzene rings is 3. The molecule has 1 N–H and O–H groups in total. The van der Waals surface area contributed by atoms with Crippen LogP contribution in [0.4, 0.5) is 4.39 Å². The monoisotopic (exact) mass is 488 g/mol. The molecule has 0 bridgehead atoms. The van der Waals surface area contributed by atoms with Crippen LogP contribution in [-0.2, 0) is 35.4 Å². The maximum Gasteiger partial charge on any atom is 0.243 e. The van der Waals surface area contributed by atoms with Gasteiger partial charge in [-0.1, -0.05) is 86.6 Å². The van der Waals surface area contributed by atoms with Crippen molar-refractivity contribution in [1.29, 1.82) is 0 Å². The Balaban J connectivity index is 1.90. The summed E-state index contributed by atoms with van der Waals surface area (Å²) in [4.78, 5) is 28.7. The molecule has 4 nitrogen and oxygen atoms in total. The third-order valence-corrected chi connectivity index (χ3v) is 6.63. The van der Waals surface area contributed by atoms with Crippen LogP contribution >= 0.6 is 0 Å². The second-order valence-electron chi connectivity index (χ2n) is 9.31. The van der Waals surface area contributed by atoms with Crippen molar-refractivity contribution in [3.8, 4) is 0 Å². The van der Waals surface area contributed by atoms with E-state index in [2.05, 4.69) is 24.4 Å². The highest BCUT2D eigenvalue weighted by Crippen LogP contribution is 2.19. The number of hydrogen-bond donors (Lipinski definition) is 1. The minimum absolute atomic E-state index is 0.0294. The van der Waals surface area contributed by atoms with Crippen molar-refractivity contribution >= 4 is 11.8 Å². The van der Waals surface area contributed by atoms with E-state index in [-0.39, 0.29) is 36.6 Å². The van der Waals surface area contributed by atoms with Gasteiger partial charge in [0.05, 0.1) is 0 Å². The molecule has 0 aromatic heterocycles. The number of rotatable bonds is 12. The molecule has 0 spiro atoms.